The van der Waals surface area contributed by atoms with Gasteiger partial charge in [-0.15, -0.1) is 0 Å². The Balaban J connectivity index is 2.42. The van der Waals surface area contributed by atoms with Crippen molar-refractivity contribution in [2.45, 2.75) is 35.3 Å². The minimum atomic E-state index is -7.34. The van der Waals surface area contributed by atoms with Gasteiger partial charge in [0, 0.05) is 33.2 Å². The van der Waals surface area contributed by atoms with Crippen molar-refractivity contribution in [3.8, 4) is 0 Å². The predicted octanol–water partition coefficient (Wildman–Crippen LogP) is 2.68. The van der Waals surface area contributed by atoms with Crippen LogP contribution in [-0.4, -0.2) is 97.4 Å². The van der Waals surface area contributed by atoms with Gasteiger partial charge in [-0.25, -0.2) is 4.39 Å². The second kappa shape index (κ2) is 6.82. The number of morpholine rings is 1. The molecule has 0 radical (unpaired) electrons. The average Bonchev–Trinajstić information content (AvgIpc) is 2.63. The topological polar surface area (TPSA) is 32.8 Å². The summed E-state index contributed by atoms with van der Waals surface area (Å²) in [6.07, 6.45) is 0. The number of carbonyl (C=O) groups excluding carboxylic acids is 1. The summed E-state index contributed by atoms with van der Waals surface area (Å²) in [7, 11) is 0.416. The fraction of sp³-hybridized carbons (Fsp3) is 0.929. The van der Waals surface area contributed by atoms with Crippen molar-refractivity contribution in [1.29, 1.82) is 0 Å². The van der Waals surface area contributed by atoms with E-state index in [9.17, 15) is 53.1 Å². The Morgan fingerprint density at radius 1 is 0.793 bits per heavy atom. The lowest BCUT2D eigenvalue weighted by Gasteiger charge is -2.52. The predicted molar refractivity (Wildman–Crippen MR) is 73.5 cm³/mol. The molecule has 0 atom stereocenters. The molecule has 0 unspecified atom stereocenters. The van der Waals surface area contributed by atoms with E-state index >= 15 is 0 Å². The van der Waals surface area contributed by atoms with E-state index < -0.39 is 47.7 Å². The molecule has 2 rings (SSSR count). The zero-order valence-corrected chi connectivity index (χ0v) is 14.6. The molecule has 1 amide bonds. The van der Waals surface area contributed by atoms with Crippen molar-refractivity contribution < 1.29 is 57.8 Å². The lowest BCUT2D eigenvalue weighted by Crippen LogP contribution is -2.86. The second-order valence-corrected chi connectivity index (χ2v) is 6.71. The lowest BCUT2D eigenvalue weighted by molar-refractivity contribution is -0.477. The zero-order valence-electron chi connectivity index (χ0n) is 14.6. The molecule has 0 bridgehead atoms. The minimum absolute atomic E-state index is 0.203. The van der Waals surface area contributed by atoms with Crippen LogP contribution in [0.25, 0.3) is 0 Å². The van der Waals surface area contributed by atoms with Crippen LogP contribution in [0.15, 0.2) is 0 Å². The highest BCUT2D eigenvalue weighted by molar-refractivity contribution is 5.88. The number of amides is 1. The molecule has 170 valence electrons. The van der Waals surface area contributed by atoms with Crippen LogP contribution in [0.1, 0.15) is 0 Å². The smallest absolute Gasteiger partial charge is 0.379 e. The molecule has 0 aromatic heterocycles. The number of ether oxygens (including phenoxy) is 1. The van der Waals surface area contributed by atoms with Crippen LogP contribution < -0.4 is 0 Å². The summed E-state index contributed by atoms with van der Waals surface area (Å²) in [5.74, 6) is -39.4. The van der Waals surface area contributed by atoms with Crippen molar-refractivity contribution in [1.82, 2.24) is 9.80 Å². The van der Waals surface area contributed by atoms with E-state index in [1.165, 1.54) is 4.90 Å². The maximum atomic E-state index is 14.7. The van der Waals surface area contributed by atoms with E-state index in [1.54, 1.807) is 0 Å². The van der Waals surface area contributed by atoms with Gasteiger partial charge in [0.15, 0.2) is 0 Å². The van der Waals surface area contributed by atoms with Gasteiger partial charge >= 0.3 is 35.3 Å². The molecule has 2 fully saturated rings. The average molecular weight is 452 g/mol. The van der Waals surface area contributed by atoms with Gasteiger partial charge in [-0.3, -0.25) is 9.69 Å². The first-order valence-electron chi connectivity index (χ1n) is 8.05. The molecule has 0 N–H and O–H groups in total. The van der Waals surface area contributed by atoms with Gasteiger partial charge in [0.2, 0.25) is 0 Å². The number of carbonyl (C=O) groups is 1. The van der Waals surface area contributed by atoms with Crippen molar-refractivity contribution >= 4 is 5.91 Å². The zero-order chi connectivity index (χ0) is 22.7. The fourth-order valence-electron chi connectivity index (χ4n) is 2.97. The second-order valence-electron chi connectivity index (χ2n) is 6.71. The van der Waals surface area contributed by atoms with Crippen LogP contribution in [0.3, 0.4) is 0 Å². The number of halogens is 11. The molecular weight excluding hydrogens is 437 g/mol. The van der Waals surface area contributed by atoms with E-state index in [4.69, 9.17) is 4.74 Å². The third-order valence-corrected chi connectivity index (χ3v) is 4.94. The lowest BCUT2D eigenvalue weighted by atomic mass is 9.71. The summed E-state index contributed by atoms with van der Waals surface area (Å²) in [4.78, 5) is 13.2. The fourth-order valence-corrected chi connectivity index (χ4v) is 2.97. The number of hydrogen-bond acceptors (Lipinski definition) is 3. The Morgan fingerprint density at radius 2 is 1.17 bits per heavy atom. The molecule has 1 aliphatic carbocycles. The molecule has 1 saturated carbocycles. The van der Waals surface area contributed by atoms with Gasteiger partial charge in [-0.2, -0.15) is 43.9 Å². The van der Waals surface area contributed by atoms with E-state index in [0.717, 1.165) is 0 Å². The Kier molecular flexibility index (Phi) is 5.62. The Morgan fingerprint density at radius 3 is 1.59 bits per heavy atom. The molecule has 1 saturated heterocycles. The number of alkyl halides is 11. The highest BCUT2D eigenvalue weighted by Gasteiger charge is 3.03. The summed E-state index contributed by atoms with van der Waals surface area (Å²) in [5, 5.41) is 0. The first-order chi connectivity index (χ1) is 12.9. The largest absolute Gasteiger partial charge is 0.384 e. The monoisotopic (exact) mass is 452 g/mol. The summed E-state index contributed by atoms with van der Waals surface area (Å²) >= 11 is 0. The number of likely N-dealkylation sites (N-methyl/N-ethyl adjacent to an activating group) is 1. The van der Waals surface area contributed by atoms with Crippen molar-refractivity contribution in [2.75, 3.05) is 46.4 Å². The summed E-state index contributed by atoms with van der Waals surface area (Å²) in [6.45, 7) is -0.205. The van der Waals surface area contributed by atoms with Crippen LogP contribution in [0, 0.1) is 0 Å². The van der Waals surface area contributed by atoms with Gasteiger partial charge in [0.25, 0.3) is 5.91 Å². The Labute approximate surface area is 156 Å². The molecule has 15 heteroatoms. The highest BCUT2D eigenvalue weighted by Crippen LogP contribution is 2.69. The number of hydrogen-bond donors (Lipinski definition) is 0. The molecule has 4 nitrogen and oxygen atoms in total. The van der Waals surface area contributed by atoms with Crippen molar-refractivity contribution in [2.24, 2.45) is 0 Å². The normalized spacial score (nSPS) is 29.2. The molecule has 0 aromatic rings. The van der Waals surface area contributed by atoms with Crippen molar-refractivity contribution in [3.63, 3.8) is 0 Å². The van der Waals surface area contributed by atoms with Gasteiger partial charge in [0.1, 0.15) is 0 Å². The first-order valence-corrected chi connectivity index (χ1v) is 8.05. The van der Waals surface area contributed by atoms with E-state index in [2.05, 4.69) is 0 Å². The summed E-state index contributed by atoms with van der Waals surface area (Å²) in [6, 6.07) is 0. The van der Waals surface area contributed by atoms with Crippen LogP contribution in [0.2, 0.25) is 0 Å². The third kappa shape index (κ3) is 2.82. The van der Waals surface area contributed by atoms with E-state index in [0.29, 0.717) is 7.05 Å². The number of rotatable bonds is 4. The maximum Gasteiger partial charge on any atom is 0.384 e. The van der Waals surface area contributed by atoms with Crippen LogP contribution in [0.5, 0.6) is 0 Å². The SMILES string of the molecule is CN(CCN1CCOCC1)C(=O)C1(F)C(F)(F)C(F)(F)C(F)(F)C(F)(F)C1(F)F. The molecule has 1 aliphatic heterocycles. The van der Waals surface area contributed by atoms with Crippen LogP contribution in [0.4, 0.5) is 48.3 Å². The highest BCUT2D eigenvalue weighted by atomic mass is 19.4. The molecule has 0 aromatic carbocycles. The first kappa shape index (κ1) is 23.9. The van der Waals surface area contributed by atoms with Crippen molar-refractivity contribution in [3.05, 3.63) is 0 Å². The minimum Gasteiger partial charge on any atom is -0.379 e. The quantitative estimate of drug-likeness (QED) is 0.616. The van der Waals surface area contributed by atoms with Gasteiger partial charge in [0.05, 0.1) is 13.2 Å². The maximum absolute atomic E-state index is 14.7. The van der Waals surface area contributed by atoms with E-state index in [-0.39, 0.29) is 37.7 Å². The van der Waals surface area contributed by atoms with Gasteiger partial charge in [-0.1, -0.05) is 0 Å². The molecule has 0 spiro atoms. The van der Waals surface area contributed by atoms with E-state index in [1.807, 2.05) is 0 Å². The molecular formula is C14H15F11N2O2. The molecule has 2 aliphatic rings. The number of nitrogens with zero attached hydrogens (tertiary/aromatic N) is 2. The standard InChI is InChI=1S/C14H15F11N2O2/c1-26(2-3-27-4-6-29-7-5-27)8(28)9(15)10(16,17)12(20,21)14(24,25)13(22,23)11(9,18)19/h2-7H2,1H3. The van der Waals surface area contributed by atoms with Crippen LogP contribution in [-0.2, 0) is 9.53 Å². The summed E-state index contributed by atoms with van der Waals surface area (Å²) < 4.78 is 155. The molecule has 1 heterocycles. The van der Waals surface area contributed by atoms with Gasteiger partial charge in [-0.05, 0) is 0 Å². The Hall–Kier alpha value is -1.38. The molecule has 29 heavy (non-hydrogen) atoms. The van der Waals surface area contributed by atoms with Crippen LogP contribution >= 0.6 is 0 Å². The Bertz CT molecular complexity index is 619. The third-order valence-electron chi connectivity index (χ3n) is 4.94. The summed E-state index contributed by atoms with van der Waals surface area (Å²) in [5.41, 5.74) is -6.63. The van der Waals surface area contributed by atoms with Gasteiger partial charge < -0.3 is 9.64 Å².